The molecule has 0 aliphatic heterocycles. The van der Waals surface area contributed by atoms with E-state index in [9.17, 15) is 35.4 Å². The topological polar surface area (TPSA) is 138 Å². The van der Waals surface area contributed by atoms with Crippen LogP contribution < -0.4 is 0 Å². The SMILES string of the molecule is CC(C)(O)CC[C@@H](O)[C@](C)(O)[C@H]1CC[C@@]2(O)[C@@H]3CC(=O)[C@@H]4CC(O)[C@@H](O)C[C@]4(C)[C@H]3CC[C@]12C. The molecular weight excluding hydrogens is 436 g/mol. The standard InChI is InChI=1S/C27H46O7/c1-23(2,32)9-8-22(31)26(5,33)21-7-11-27(34)16-12-18(28)17-13-19(29)20(30)14-24(17,3)15(16)6-10-25(21,27)4/h15-17,19-22,29-34H,6-14H2,1-5H3/t15-,16+,17-,19?,20-,21-,22+,24+,25+,26+,27+/m0/s1. The van der Waals surface area contributed by atoms with Gasteiger partial charge in [-0.15, -0.1) is 0 Å². The van der Waals surface area contributed by atoms with Crippen LogP contribution in [0.5, 0.6) is 0 Å². The van der Waals surface area contributed by atoms with Crippen molar-refractivity contribution in [3.05, 3.63) is 0 Å². The van der Waals surface area contributed by atoms with Gasteiger partial charge in [-0.25, -0.2) is 0 Å². The van der Waals surface area contributed by atoms with Crippen molar-refractivity contribution in [2.24, 2.45) is 34.5 Å². The van der Waals surface area contributed by atoms with E-state index in [4.69, 9.17) is 0 Å². The average Bonchev–Trinajstić information content (AvgIpc) is 3.00. The molecule has 0 bridgehead atoms. The van der Waals surface area contributed by atoms with E-state index in [-0.39, 0.29) is 48.7 Å². The number of ketones is 1. The van der Waals surface area contributed by atoms with E-state index in [1.807, 2.05) is 6.92 Å². The highest BCUT2D eigenvalue weighted by molar-refractivity contribution is 5.83. The van der Waals surface area contributed by atoms with Gasteiger partial charge in [0.2, 0.25) is 0 Å². The number of aliphatic hydroxyl groups is 6. The summed E-state index contributed by atoms with van der Waals surface area (Å²) < 4.78 is 0. The molecule has 0 amide bonds. The van der Waals surface area contributed by atoms with Crippen LogP contribution in [0.3, 0.4) is 0 Å². The van der Waals surface area contributed by atoms with Crippen molar-refractivity contribution in [2.75, 3.05) is 0 Å². The molecule has 4 saturated carbocycles. The van der Waals surface area contributed by atoms with Crippen LogP contribution in [0.4, 0.5) is 0 Å². The molecule has 0 heterocycles. The van der Waals surface area contributed by atoms with Gasteiger partial charge in [-0.05, 0) is 95.3 Å². The van der Waals surface area contributed by atoms with Gasteiger partial charge in [-0.2, -0.15) is 0 Å². The summed E-state index contributed by atoms with van der Waals surface area (Å²) in [7, 11) is 0. The Labute approximate surface area is 203 Å². The first kappa shape index (κ1) is 26.5. The van der Waals surface area contributed by atoms with Crippen LogP contribution in [0.2, 0.25) is 0 Å². The van der Waals surface area contributed by atoms with Crippen LogP contribution in [-0.4, -0.2) is 71.5 Å². The number of carbonyl (C=O) groups excluding carboxylic acids is 1. The molecule has 0 aromatic heterocycles. The Hall–Kier alpha value is -0.570. The normalized spacial score (nSPS) is 49.6. The lowest BCUT2D eigenvalue weighted by atomic mass is 9.42. The van der Waals surface area contributed by atoms with Crippen molar-refractivity contribution in [2.45, 2.75) is 128 Å². The van der Waals surface area contributed by atoms with E-state index in [0.717, 1.165) is 6.42 Å². The molecule has 34 heavy (non-hydrogen) atoms. The third-order valence-corrected chi connectivity index (χ3v) is 11.1. The third-order valence-electron chi connectivity index (χ3n) is 11.1. The third kappa shape index (κ3) is 3.81. The molecule has 11 atom stereocenters. The van der Waals surface area contributed by atoms with Gasteiger partial charge in [0.05, 0.1) is 35.1 Å². The fourth-order valence-corrected chi connectivity index (χ4v) is 8.98. The second kappa shape index (κ2) is 8.22. The van der Waals surface area contributed by atoms with Gasteiger partial charge >= 0.3 is 0 Å². The number of Topliss-reactive ketones (excluding diaryl/α,β-unsaturated/α-hetero) is 1. The molecule has 0 aromatic rings. The fraction of sp³-hybridized carbons (Fsp3) is 0.963. The largest absolute Gasteiger partial charge is 0.390 e. The lowest BCUT2D eigenvalue weighted by Gasteiger charge is -2.64. The molecule has 0 aromatic carbocycles. The van der Waals surface area contributed by atoms with E-state index in [0.29, 0.717) is 32.1 Å². The highest BCUT2D eigenvalue weighted by Crippen LogP contribution is 2.69. The van der Waals surface area contributed by atoms with Crippen LogP contribution >= 0.6 is 0 Å². The summed E-state index contributed by atoms with van der Waals surface area (Å²) in [6.07, 6.45) is 1.18. The first-order valence-electron chi connectivity index (χ1n) is 13.2. The predicted molar refractivity (Wildman–Crippen MR) is 127 cm³/mol. The van der Waals surface area contributed by atoms with Gasteiger partial charge in [0, 0.05) is 17.8 Å². The van der Waals surface area contributed by atoms with E-state index in [2.05, 4.69) is 6.92 Å². The quantitative estimate of drug-likeness (QED) is 0.352. The molecule has 0 radical (unpaired) electrons. The number of rotatable bonds is 5. The zero-order valence-corrected chi connectivity index (χ0v) is 21.5. The second-order valence-corrected chi connectivity index (χ2v) is 13.6. The van der Waals surface area contributed by atoms with E-state index in [1.165, 1.54) is 0 Å². The smallest absolute Gasteiger partial charge is 0.137 e. The molecule has 4 rings (SSSR count). The molecule has 1 unspecified atom stereocenters. The zero-order chi connectivity index (χ0) is 25.5. The number of carbonyl (C=O) groups is 1. The van der Waals surface area contributed by atoms with E-state index >= 15 is 0 Å². The van der Waals surface area contributed by atoms with E-state index < -0.39 is 45.9 Å². The highest BCUT2D eigenvalue weighted by atomic mass is 16.3. The van der Waals surface area contributed by atoms with E-state index in [1.54, 1.807) is 20.8 Å². The van der Waals surface area contributed by atoms with Crippen molar-refractivity contribution in [1.82, 2.24) is 0 Å². The lowest BCUT2D eigenvalue weighted by molar-refractivity contribution is -0.232. The van der Waals surface area contributed by atoms with Crippen LogP contribution in [0.25, 0.3) is 0 Å². The van der Waals surface area contributed by atoms with Crippen LogP contribution in [0.1, 0.15) is 92.4 Å². The van der Waals surface area contributed by atoms with Gasteiger partial charge in [-0.3, -0.25) is 4.79 Å². The number of aliphatic hydroxyl groups excluding tert-OH is 3. The van der Waals surface area contributed by atoms with Crippen LogP contribution in [0, 0.1) is 34.5 Å². The minimum absolute atomic E-state index is 0.0548. The first-order chi connectivity index (χ1) is 15.5. The summed E-state index contributed by atoms with van der Waals surface area (Å²) in [6, 6.07) is 0. The molecule has 6 N–H and O–H groups in total. The summed E-state index contributed by atoms with van der Waals surface area (Å²) >= 11 is 0. The summed E-state index contributed by atoms with van der Waals surface area (Å²) in [5.74, 6) is -0.796. The highest BCUT2D eigenvalue weighted by Gasteiger charge is 2.71. The molecule has 4 aliphatic carbocycles. The average molecular weight is 483 g/mol. The Morgan fingerprint density at radius 3 is 2.29 bits per heavy atom. The Kier molecular flexibility index (Phi) is 6.40. The second-order valence-electron chi connectivity index (χ2n) is 13.6. The molecule has 0 saturated heterocycles. The number of hydrogen-bond donors (Lipinski definition) is 6. The summed E-state index contributed by atoms with van der Waals surface area (Å²) in [5, 5.41) is 65.6. The summed E-state index contributed by atoms with van der Waals surface area (Å²) in [6.45, 7) is 9.08. The molecule has 4 fully saturated rings. The van der Waals surface area contributed by atoms with Gasteiger partial charge in [0.15, 0.2) is 0 Å². The lowest BCUT2D eigenvalue weighted by Crippen LogP contribution is -2.66. The Morgan fingerprint density at radius 1 is 1.03 bits per heavy atom. The summed E-state index contributed by atoms with van der Waals surface area (Å²) in [4.78, 5) is 13.3. The number of fused-ring (bicyclic) bond motifs is 5. The molecule has 7 nitrogen and oxygen atoms in total. The first-order valence-corrected chi connectivity index (χ1v) is 13.2. The molecule has 196 valence electrons. The Bertz CT molecular complexity index is 805. The Morgan fingerprint density at radius 2 is 1.68 bits per heavy atom. The minimum atomic E-state index is -1.44. The van der Waals surface area contributed by atoms with Crippen molar-refractivity contribution >= 4 is 5.78 Å². The number of hydrogen-bond acceptors (Lipinski definition) is 7. The Balaban J connectivity index is 1.62. The minimum Gasteiger partial charge on any atom is -0.390 e. The van der Waals surface area contributed by atoms with Crippen molar-refractivity contribution in [1.29, 1.82) is 0 Å². The van der Waals surface area contributed by atoms with Gasteiger partial charge in [-0.1, -0.05) is 13.8 Å². The van der Waals surface area contributed by atoms with Gasteiger partial charge < -0.3 is 30.6 Å². The van der Waals surface area contributed by atoms with Crippen molar-refractivity contribution < 1.29 is 35.4 Å². The maximum atomic E-state index is 13.3. The maximum absolute atomic E-state index is 13.3. The molecule has 4 aliphatic rings. The predicted octanol–water partition coefficient (Wildman–Crippen LogP) is 1.93. The van der Waals surface area contributed by atoms with Crippen LogP contribution in [-0.2, 0) is 4.79 Å². The van der Waals surface area contributed by atoms with Crippen molar-refractivity contribution in [3.63, 3.8) is 0 Å². The zero-order valence-electron chi connectivity index (χ0n) is 21.5. The fourth-order valence-electron chi connectivity index (χ4n) is 8.98. The van der Waals surface area contributed by atoms with Gasteiger partial charge in [0.25, 0.3) is 0 Å². The monoisotopic (exact) mass is 482 g/mol. The molecule has 0 spiro atoms. The van der Waals surface area contributed by atoms with Gasteiger partial charge in [0.1, 0.15) is 5.78 Å². The van der Waals surface area contributed by atoms with Crippen LogP contribution in [0.15, 0.2) is 0 Å². The maximum Gasteiger partial charge on any atom is 0.137 e. The molecule has 7 heteroatoms. The van der Waals surface area contributed by atoms with Crippen molar-refractivity contribution in [3.8, 4) is 0 Å². The summed E-state index contributed by atoms with van der Waals surface area (Å²) in [5.41, 5.74) is -4.66. The molecular formula is C27H46O7.